The number of nitrogens with two attached hydrogens (primary N) is 1. The first-order valence-corrected chi connectivity index (χ1v) is 6.48. The molecule has 1 aliphatic carbocycles. The van der Waals surface area contributed by atoms with Crippen LogP contribution in [0.1, 0.15) is 24.8 Å². The van der Waals surface area contributed by atoms with Gasteiger partial charge in [-0.15, -0.1) is 0 Å². The number of aromatic nitrogens is 1. The number of nitrogens with one attached hydrogen (secondary N) is 2. The molecule has 1 aromatic heterocycles. The molecule has 0 saturated heterocycles. The van der Waals surface area contributed by atoms with Crippen molar-refractivity contribution in [2.75, 3.05) is 6.54 Å². The van der Waals surface area contributed by atoms with Crippen LogP contribution in [0.5, 0.6) is 0 Å². The van der Waals surface area contributed by atoms with E-state index in [1.165, 1.54) is 4.90 Å². The topological polar surface area (TPSA) is 95.1 Å². The molecule has 19 heavy (non-hydrogen) atoms. The number of carbonyl (C=O) groups excluding carboxylic acids is 1. The quantitative estimate of drug-likeness (QED) is 0.559. The SMILES string of the molecule is N=C(N)N(CCc1cccnc1)C(=O)NC1CCC1. The van der Waals surface area contributed by atoms with Crippen LogP contribution in [-0.2, 0) is 6.42 Å². The number of rotatable bonds is 4. The van der Waals surface area contributed by atoms with Crippen molar-refractivity contribution < 1.29 is 4.79 Å². The van der Waals surface area contributed by atoms with Crippen LogP contribution in [-0.4, -0.2) is 34.5 Å². The van der Waals surface area contributed by atoms with Crippen LogP contribution in [0.25, 0.3) is 0 Å². The summed E-state index contributed by atoms with van der Waals surface area (Å²) >= 11 is 0. The molecular weight excluding hydrogens is 242 g/mol. The van der Waals surface area contributed by atoms with E-state index in [0.717, 1.165) is 24.8 Å². The predicted molar refractivity (Wildman–Crippen MR) is 72.7 cm³/mol. The zero-order valence-electron chi connectivity index (χ0n) is 10.8. The number of hydrogen-bond acceptors (Lipinski definition) is 3. The van der Waals surface area contributed by atoms with E-state index in [-0.39, 0.29) is 18.0 Å². The standard InChI is InChI=1S/C13H19N5O/c14-12(15)18(13(19)17-11-4-1-5-11)8-6-10-3-2-7-16-9-10/h2-3,7,9,11H,1,4-6,8H2,(H3,14,15)(H,17,19). The van der Waals surface area contributed by atoms with Gasteiger partial charge in [0.25, 0.3) is 0 Å². The van der Waals surface area contributed by atoms with E-state index in [4.69, 9.17) is 11.1 Å². The van der Waals surface area contributed by atoms with Gasteiger partial charge in [0, 0.05) is 25.0 Å². The van der Waals surface area contributed by atoms with Crippen LogP contribution in [0.2, 0.25) is 0 Å². The van der Waals surface area contributed by atoms with Gasteiger partial charge in [-0.2, -0.15) is 0 Å². The lowest BCUT2D eigenvalue weighted by molar-refractivity contribution is 0.208. The number of pyridine rings is 1. The molecular formula is C13H19N5O. The van der Waals surface area contributed by atoms with Crippen LogP contribution in [0.3, 0.4) is 0 Å². The maximum Gasteiger partial charge on any atom is 0.324 e. The molecule has 2 rings (SSSR count). The van der Waals surface area contributed by atoms with E-state index in [0.29, 0.717) is 13.0 Å². The van der Waals surface area contributed by atoms with Gasteiger partial charge in [-0.05, 0) is 37.3 Å². The first kappa shape index (κ1) is 13.3. The second-order valence-corrected chi connectivity index (χ2v) is 4.73. The van der Waals surface area contributed by atoms with Crippen LogP contribution in [0, 0.1) is 5.41 Å². The third-order valence-corrected chi connectivity index (χ3v) is 3.32. The molecule has 1 fully saturated rings. The zero-order chi connectivity index (χ0) is 13.7. The van der Waals surface area contributed by atoms with Crippen molar-refractivity contribution in [2.24, 2.45) is 5.73 Å². The number of guanidine groups is 1. The Hall–Kier alpha value is -2.11. The maximum absolute atomic E-state index is 12.0. The normalized spacial score (nSPS) is 14.5. The molecule has 4 N–H and O–H groups in total. The van der Waals surface area contributed by atoms with Gasteiger partial charge in [0.15, 0.2) is 5.96 Å². The lowest BCUT2D eigenvalue weighted by Crippen LogP contribution is -2.52. The van der Waals surface area contributed by atoms with Gasteiger partial charge in [0.2, 0.25) is 0 Å². The summed E-state index contributed by atoms with van der Waals surface area (Å²) in [7, 11) is 0. The van der Waals surface area contributed by atoms with Gasteiger partial charge in [0.05, 0.1) is 0 Å². The molecule has 1 aliphatic rings. The fourth-order valence-corrected chi connectivity index (χ4v) is 1.92. The number of nitrogens with zero attached hydrogens (tertiary/aromatic N) is 2. The first-order chi connectivity index (χ1) is 9.16. The minimum Gasteiger partial charge on any atom is -0.370 e. The molecule has 0 spiro atoms. The minimum atomic E-state index is -0.277. The van der Waals surface area contributed by atoms with Crippen molar-refractivity contribution in [3.05, 3.63) is 30.1 Å². The Bertz CT molecular complexity index is 444. The summed E-state index contributed by atoms with van der Waals surface area (Å²) in [6, 6.07) is 3.76. The zero-order valence-corrected chi connectivity index (χ0v) is 10.8. The van der Waals surface area contributed by atoms with Gasteiger partial charge in [-0.25, -0.2) is 4.79 Å². The van der Waals surface area contributed by atoms with Gasteiger partial charge < -0.3 is 11.1 Å². The summed E-state index contributed by atoms with van der Waals surface area (Å²) < 4.78 is 0. The molecule has 1 aromatic rings. The Labute approximate surface area is 112 Å². The molecule has 0 atom stereocenters. The summed E-state index contributed by atoms with van der Waals surface area (Å²) in [6.07, 6.45) is 7.27. The summed E-state index contributed by atoms with van der Waals surface area (Å²) in [5.41, 5.74) is 6.49. The van der Waals surface area contributed by atoms with Gasteiger partial charge in [-0.1, -0.05) is 6.07 Å². The van der Waals surface area contributed by atoms with Crippen molar-refractivity contribution >= 4 is 12.0 Å². The minimum absolute atomic E-state index is 0.222. The van der Waals surface area contributed by atoms with Gasteiger partial charge >= 0.3 is 6.03 Å². The first-order valence-electron chi connectivity index (χ1n) is 6.48. The Balaban J connectivity index is 1.88. The van der Waals surface area contributed by atoms with Gasteiger partial charge in [0.1, 0.15) is 0 Å². The number of hydrogen-bond donors (Lipinski definition) is 3. The molecule has 0 radical (unpaired) electrons. The lowest BCUT2D eigenvalue weighted by Gasteiger charge is -2.30. The highest BCUT2D eigenvalue weighted by Gasteiger charge is 2.23. The Morgan fingerprint density at radius 3 is 2.89 bits per heavy atom. The maximum atomic E-state index is 12.0. The second-order valence-electron chi connectivity index (χ2n) is 4.73. The van der Waals surface area contributed by atoms with E-state index >= 15 is 0 Å². The van der Waals surface area contributed by atoms with Crippen LogP contribution in [0.4, 0.5) is 4.79 Å². The van der Waals surface area contributed by atoms with E-state index in [1.54, 1.807) is 12.4 Å². The molecule has 6 nitrogen and oxygen atoms in total. The molecule has 0 aliphatic heterocycles. The van der Waals surface area contributed by atoms with Crippen molar-refractivity contribution in [2.45, 2.75) is 31.7 Å². The summed E-state index contributed by atoms with van der Waals surface area (Å²) in [5, 5.41) is 10.4. The fraction of sp³-hybridized carbons (Fsp3) is 0.462. The summed E-state index contributed by atoms with van der Waals surface area (Å²) in [5.74, 6) is -0.222. The van der Waals surface area contributed by atoms with Gasteiger partial charge in [-0.3, -0.25) is 15.3 Å². The molecule has 102 valence electrons. The van der Waals surface area contributed by atoms with E-state index in [2.05, 4.69) is 10.3 Å². The van der Waals surface area contributed by atoms with Crippen molar-refractivity contribution in [1.29, 1.82) is 5.41 Å². The number of urea groups is 1. The number of amides is 2. The van der Waals surface area contributed by atoms with E-state index < -0.39 is 0 Å². The largest absolute Gasteiger partial charge is 0.370 e. The summed E-state index contributed by atoms with van der Waals surface area (Å²) in [4.78, 5) is 17.3. The molecule has 6 heteroatoms. The van der Waals surface area contributed by atoms with E-state index in [9.17, 15) is 4.79 Å². The second kappa shape index (κ2) is 6.17. The average Bonchev–Trinajstić information content (AvgIpc) is 2.35. The predicted octanol–water partition coefficient (Wildman–Crippen LogP) is 1.08. The molecule has 1 heterocycles. The third kappa shape index (κ3) is 3.67. The monoisotopic (exact) mass is 261 g/mol. The van der Waals surface area contributed by atoms with Crippen molar-refractivity contribution in [3.63, 3.8) is 0 Å². The average molecular weight is 261 g/mol. The smallest absolute Gasteiger partial charge is 0.324 e. The Kier molecular flexibility index (Phi) is 4.33. The lowest BCUT2D eigenvalue weighted by atomic mass is 9.93. The molecule has 0 bridgehead atoms. The van der Waals surface area contributed by atoms with E-state index in [1.807, 2.05) is 12.1 Å². The fourth-order valence-electron chi connectivity index (χ4n) is 1.92. The number of carbonyl (C=O) groups is 1. The third-order valence-electron chi connectivity index (χ3n) is 3.32. The van der Waals surface area contributed by atoms with Crippen molar-refractivity contribution in [3.8, 4) is 0 Å². The highest BCUT2D eigenvalue weighted by Crippen LogP contribution is 2.18. The summed E-state index contributed by atoms with van der Waals surface area (Å²) in [6.45, 7) is 0.388. The highest BCUT2D eigenvalue weighted by atomic mass is 16.2. The molecule has 2 amide bonds. The Morgan fingerprint density at radius 1 is 1.58 bits per heavy atom. The molecule has 0 aromatic carbocycles. The van der Waals surface area contributed by atoms with Crippen LogP contribution in [0.15, 0.2) is 24.5 Å². The molecule has 0 unspecified atom stereocenters. The van der Waals surface area contributed by atoms with Crippen LogP contribution < -0.4 is 11.1 Å². The highest BCUT2D eigenvalue weighted by molar-refractivity contribution is 5.94. The van der Waals surface area contributed by atoms with Crippen molar-refractivity contribution in [1.82, 2.24) is 15.2 Å². The molecule has 1 saturated carbocycles. The Morgan fingerprint density at radius 2 is 2.37 bits per heavy atom. The van der Waals surface area contributed by atoms with Crippen LogP contribution >= 0.6 is 0 Å².